The third-order valence-corrected chi connectivity index (χ3v) is 5.85. The molecule has 8 heteroatoms. The van der Waals surface area contributed by atoms with E-state index in [9.17, 15) is 4.79 Å². The first-order chi connectivity index (χ1) is 12.9. The van der Waals surface area contributed by atoms with Crippen LogP contribution in [0.15, 0.2) is 12.3 Å². The number of nitrogens with zero attached hydrogens (tertiary/aromatic N) is 3. The summed E-state index contributed by atoms with van der Waals surface area (Å²) in [4.78, 5) is 16.7. The number of pyridine rings is 1. The fourth-order valence-electron chi connectivity index (χ4n) is 3.54. The van der Waals surface area contributed by atoms with Gasteiger partial charge in [-0.05, 0) is 51.5 Å². The Hall–Kier alpha value is -1.79. The van der Waals surface area contributed by atoms with Gasteiger partial charge in [-0.3, -0.25) is 14.5 Å². The van der Waals surface area contributed by atoms with Crippen LogP contribution in [0.2, 0.25) is 10.0 Å². The largest absolute Gasteiger partial charge is 0.479 e. The summed E-state index contributed by atoms with van der Waals surface area (Å²) in [6.45, 7) is 4.58. The fraction of sp³-hybridized carbons (Fsp3) is 0.526. The molecule has 0 bridgehead atoms. The van der Waals surface area contributed by atoms with E-state index in [1.165, 1.54) is 0 Å². The van der Waals surface area contributed by atoms with Gasteiger partial charge in [0.15, 0.2) is 0 Å². The second-order valence-electron chi connectivity index (χ2n) is 7.07. The van der Waals surface area contributed by atoms with E-state index in [0.29, 0.717) is 33.1 Å². The van der Waals surface area contributed by atoms with Crippen LogP contribution >= 0.6 is 23.2 Å². The number of amides is 1. The summed E-state index contributed by atoms with van der Waals surface area (Å²) in [6.07, 6.45) is 5.48. The molecule has 1 amide bonds. The van der Waals surface area contributed by atoms with Gasteiger partial charge in [0.25, 0.3) is 11.8 Å². The van der Waals surface area contributed by atoms with E-state index in [1.807, 2.05) is 18.5 Å². The van der Waals surface area contributed by atoms with Crippen molar-refractivity contribution in [3.8, 4) is 5.88 Å². The minimum absolute atomic E-state index is 0.106. The zero-order valence-electron chi connectivity index (χ0n) is 15.8. The first-order valence-corrected chi connectivity index (χ1v) is 9.84. The molecular formula is C19H24Cl2N4O2. The number of halogens is 2. The average molecular weight is 411 g/mol. The maximum atomic E-state index is 12.5. The third-order valence-electron chi connectivity index (χ3n) is 5.21. The van der Waals surface area contributed by atoms with Crippen molar-refractivity contribution in [2.45, 2.75) is 52.1 Å². The standard InChI is InChI=1S/C19H24Cl2N4O2/c1-11-16(8-14(20)9-22-11)18(26)23-15-6-4-13(5-7-15)10-25-12(2)17(21)19(24-25)27-3/h8-9,13,15H,4-7,10H2,1-3H3,(H,23,26)/t13-,15-. The van der Waals surface area contributed by atoms with Crippen LogP contribution in [0.5, 0.6) is 5.88 Å². The Balaban J connectivity index is 1.55. The second-order valence-corrected chi connectivity index (χ2v) is 7.88. The van der Waals surface area contributed by atoms with Crippen LogP contribution in [0, 0.1) is 19.8 Å². The summed E-state index contributed by atoms with van der Waals surface area (Å²) in [7, 11) is 1.57. The van der Waals surface area contributed by atoms with Gasteiger partial charge in [0, 0.05) is 18.8 Å². The summed E-state index contributed by atoms with van der Waals surface area (Å²) in [5.74, 6) is 0.873. The molecule has 3 rings (SSSR count). The number of nitrogens with one attached hydrogen (secondary N) is 1. The van der Waals surface area contributed by atoms with Gasteiger partial charge in [0.2, 0.25) is 0 Å². The van der Waals surface area contributed by atoms with Gasteiger partial charge in [0.05, 0.1) is 29.1 Å². The first kappa shape index (κ1) is 20.0. The lowest BCUT2D eigenvalue weighted by molar-refractivity contribution is 0.0919. The number of aromatic nitrogens is 3. The van der Waals surface area contributed by atoms with E-state index < -0.39 is 0 Å². The zero-order chi connectivity index (χ0) is 19.6. The van der Waals surface area contributed by atoms with Crippen molar-refractivity contribution in [1.29, 1.82) is 0 Å². The highest BCUT2D eigenvalue weighted by atomic mass is 35.5. The number of carbonyl (C=O) groups excluding carboxylic acids is 1. The van der Waals surface area contributed by atoms with Crippen LogP contribution in [0.3, 0.4) is 0 Å². The predicted octanol–water partition coefficient (Wildman–Crippen LogP) is 4.20. The smallest absolute Gasteiger partial charge is 0.253 e. The second kappa shape index (κ2) is 8.48. The maximum absolute atomic E-state index is 12.5. The molecule has 146 valence electrons. The molecule has 0 spiro atoms. The van der Waals surface area contributed by atoms with Crippen molar-refractivity contribution in [2.24, 2.45) is 5.92 Å². The van der Waals surface area contributed by atoms with E-state index in [1.54, 1.807) is 19.4 Å². The van der Waals surface area contributed by atoms with Crippen molar-refractivity contribution in [3.63, 3.8) is 0 Å². The summed E-state index contributed by atoms with van der Waals surface area (Å²) >= 11 is 12.2. The molecule has 1 aliphatic rings. The van der Waals surface area contributed by atoms with Gasteiger partial charge in [-0.25, -0.2) is 0 Å². The Morgan fingerprint density at radius 2 is 2.00 bits per heavy atom. The van der Waals surface area contributed by atoms with Crippen LogP contribution in [0.25, 0.3) is 0 Å². The van der Waals surface area contributed by atoms with Gasteiger partial charge >= 0.3 is 0 Å². The van der Waals surface area contributed by atoms with Crippen LogP contribution in [0.4, 0.5) is 0 Å². The van der Waals surface area contributed by atoms with Crippen LogP contribution in [0.1, 0.15) is 47.4 Å². The molecule has 1 fully saturated rings. The van der Waals surface area contributed by atoms with Crippen molar-refractivity contribution in [2.75, 3.05) is 7.11 Å². The Morgan fingerprint density at radius 1 is 1.30 bits per heavy atom. The molecule has 0 aliphatic heterocycles. The number of ether oxygens (including phenoxy) is 1. The normalized spacial score (nSPS) is 19.7. The summed E-state index contributed by atoms with van der Waals surface area (Å²) in [6, 6.07) is 1.84. The molecule has 0 aromatic carbocycles. The summed E-state index contributed by atoms with van der Waals surface area (Å²) < 4.78 is 7.11. The van der Waals surface area contributed by atoms with Gasteiger partial charge in [-0.1, -0.05) is 23.2 Å². The fourth-order valence-corrected chi connectivity index (χ4v) is 3.91. The molecule has 2 aromatic rings. The number of hydrogen-bond donors (Lipinski definition) is 1. The van der Waals surface area contributed by atoms with Crippen molar-refractivity contribution < 1.29 is 9.53 Å². The molecule has 1 saturated carbocycles. The average Bonchev–Trinajstić information content (AvgIpc) is 2.93. The monoisotopic (exact) mass is 410 g/mol. The Labute approximate surface area is 169 Å². The van der Waals surface area contributed by atoms with Crippen LogP contribution in [-0.2, 0) is 6.54 Å². The quantitative estimate of drug-likeness (QED) is 0.801. The molecule has 0 atom stereocenters. The highest BCUT2D eigenvalue weighted by Crippen LogP contribution is 2.30. The van der Waals surface area contributed by atoms with Crippen molar-refractivity contribution in [1.82, 2.24) is 20.1 Å². The Morgan fingerprint density at radius 3 is 2.63 bits per heavy atom. The number of aryl methyl sites for hydroxylation is 1. The summed E-state index contributed by atoms with van der Waals surface area (Å²) in [5.41, 5.74) is 2.15. The highest BCUT2D eigenvalue weighted by molar-refractivity contribution is 6.32. The molecule has 0 saturated heterocycles. The maximum Gasteiger partial charge on any atom is 0.253 e. The van der Waals surface area contributed by atoms with Gasteiger partial charge in [-0.2, -0.15) is 0 Å². The van der Waals surface area contributed by atoms with Crippen LogP contribution < -0.4 is 10.1 Å². The van der Waals surface area contributed by atoms with Crippen LogP contribution in [-0.4, -0.2) is 33.8 Å². The molecule has 6 nitrogen and oxygen atoms in total. The molecule has 2 heterocycles. The number of rotatable bonds is 5. The van der Waals surface area contributed by atoms with E-state index in [-0.39, 0.29) is 11.9 Å². The van der Waals surface area contributed by atoms with Crippen molar-refractivity contribution >= 4 is 29.1 Å². The molecular weight excluding hydrogens is 387 g/mol. The lowest BCUT2D eigenvalue weighted by Gasteiger charge is -2.29. The van der Waals surface area contributed by atoms with Gasteiger partial charge in [0.1, 0.15) is 5.02 Å². The van der Waals surface area contributed by atoms with Gasteiger partial charge in [-0.15, -0.1) is 5.10 Å². The first-order valence-electron chi connectivity index (χ1n) is 9.09. The molecule has 1 N–H and O–H groups in total. The molecule has 27 heavy (non-hydrogen) atoms. The van der Waals surface area contributed by atoms with Crippen molar-refractivity contribution in [3.05, 3.63) is 39.3 Å². The molecule has 2 aromatic heterocycles. The number of methoxy groups -OCH3 is 1. The highest BCUT2D eigenvalue weighted by Gasteiger charge is 2.25. The third kappa shape index (κ3) is 4.55. The topological polar surface area (TPSA) is 69.0 Å². The minimum Gasteiger partial charge on any atom is -0.479 e. The number of hydrogen-bond acceptors (Lipinski definition) is 4. The predicted molar refractivity (Wildman–Crippen MR) is 106 cm³/mol. The molecule has 0 radical (unpaired) electrons. The molecule has 1 aliphatic carbocycles. The van der Waals surface area contributed by atoms with E-state index in [4.69, 9.17) is 27.9 Å². The minimum atomic E-state index is -0.106. The SMILES string of the molecule is COc1nn(C[C@H]2CC[C@H](NC(=O)c3cc(Cl)cnc3C)CC2)c(C)c1Cl. The van der Waals surface area contributed by atoms with Gasteiger partial charge < -0.3 is 10.1 Å². The van der Waals surface area contributed by atoms with E-state index in [0.717, 1.165) is 37.9 Å². The number of carbonyl (C=O) groups is 1. The van der Waals surface area contributed by atoms with E-state index in [2.05, 4.69) is 15.4 Å². The Bertz CT molecular complexity index is 829. The zero-order valence-corrected chi connectivity index (χ0v) is 17.3. The Kier molecular flexibility index (Phi) is 6.27. The lowest BCUT2D eigenvalue weighted by Crippen LogP contribution is -2.38. The lowest BCUT2D eigenvalue weighted by atomic mass is 9.86. The molecule has 0 unspecified atom stereocenters. The summed E-state index contributed by atoms with van der Waals surface area (Å²) in [5, 5.41) is 8.58. The van der Waals surface area contributed by atoms with E-state index >= 15 is 0 Å².